The van der Waals surface area contributed by atoms with Gasteiger partial charge in [-0.25, -0.2) is 4.39 Å². The third kappa shape index (κ3) is 11.8. The molecule has 0 N–H and O–H groups in total. The second kappa shape index (κ2) is 7.20. The third-order valence-electron chi connectivity index (χ3n) is 1.83. The van der Waals surface area contributed by atoms with Crippen molar-refractivity contribution in [1.82, 2.24) is 0 Å². The van der Waals surface area contributed by atoms with E-state index in [1.807, 2.05) is 5.40 Å². The van der Waals surface area contributed by atoms with Crippen LogP contribution in [-0.4, -0.2) is 11.4 Å². The highest BCUT2D eigenvalue weighted by molar-refractivity contribution is 8.03. The molecule has 0 bridgehead atoms. The van der Waals surface area contributed by atoms with Crippen molar-refractivity contribution < 1.29 is 4.39 Å². The molecule has 0 spiro atoms. The molecule has 0 aromatic heterocycles. The summed E-state index contributed by atoms with van der Waals surface area (Å²) in [6, 6.07) is 0. The number of halogens is 1. The van der Waals surface area contributed by atoms with Crippen molar-refractivity contribution in [3.63, 3.8) is 0 Å². The van der Waals surface area contributed by atoms with Gasteiger partial charge in [-0.15, -0.1) is 0 Å². The van der Waals surface area contributed by atoms with Crippen molar-refractivity contribution in [1.29, 1.82) is 5.26 Å². The lowest BCUT2D eigenvalue weighted by atomic mass is 10.0. The highest BCUT2D eigenvalue weighted by atomic mass is 32.2. The maximum atomic E-state index is 13.0. The fraction of sp³-hybridized carbons (Fsp3) is 0.900. The van der Waals surface area contributed by atoms with E-state index in [-0.39, 0.29) is 0 Å². The minimum atomic E-state index is -1.01. The zero-order chi connectivity index (χ0) is 10.2. The van der Waals surface area contributed by atoms with Crippen LogP contribution in [0.3, 0.4) is 0 Å². The van der Waals surface area contributed by atoms with Crippen LogP contribution in [0.5, 0.6) is 0 Å². The van der Waals surface area contributed by atoms with E-state index in [1.165, 1.54) is 11.8 Å². The van der Waals surface area contributed by atoms with E-state index >= 15 is 0 Å². The highest BCUT2D eigenvalue weighted by Gasteiger charge is 2.13. The first-order chi connectivity index (χ1) is 6.06. The SMILES string of the molecule is CC(C)(F)CCCCCCSC#N. The van der Waals surface area contributed by atoms with E-state index in [0.717, 1.165) is 31.4 Å². The number of rotatable bonds is 7. The molecule has 0 unspecified atom stereocenters. The molecule has 13 heavy (non-hydrogen) atoms. The van der Waals surface area contributed by atoms with Gasteiger partial charge in [0, 0.05) is 5.75 Å². The number of nitriles is 1. The molecule has 0 saturated heterocycles. The summed E-state index contributed by atoms with van der Waals surface area (Å²) < 4.78 is 13.0. The third-order valence-corrected chi connectivity index (χ3v) is 2.45. The normalized spacial score (nSPS) is 11.2. The largest absolute Gasteiger partial charge is 0.245 e. The number of thiocyanates is 1. The summed E-state index contributed by atoms with van der Waals surface area (Å²) in [6.45, 7) is 3.25. The van der Waals surface area contributed by atoms with Crippen molar-refractivity contribution >= 4 is 11.8 Å². The number of hydrogen-bond acceptors (Lipinski definition) is 2. The van der Waals surface area contributed by atoms with E-state index in [1.54, 1.807) is 13.8 Å². The molecule has 0 aliphatic heterocycles. The molecule has 1 nitrogen and oxygen atoms in total. The summed E-state index contributed by atoms with van der Waals surface area (Å²) in [5.74, 6) is 0.912. The Balaban J connectivity index is 3.05. The predicted molar refractivity (Wildman–Crippen MR) is 56.3 cm³/mol. The molecular formula is C10H18FNS. The molecule has 0 heterocycles. The van der Waals surface area contributed by atoms with Crippen molar-refractivity contribution in [2.75, 3.05) is 5.75 Å². The molecule has 0 rings (SSSR count). The van der Waals surface area contributed by atoms with Crippen molar-refractivity contribution in [3.8, 4) is 5.40 Å². The summed E-state index contributed by atoms with van der Waals surface area (Å²) in [4.78, 5) is 0. The van der Waals surface area contributed by atoms with Gasteiger partial charge in [0.15, 0.2) is 0 Å². The van der Waals surface area contributed by atoms with Gasteiger partial charge >= 0.3 is 0 Å². The highest BCUT2D eigenvalue weighted by Crippen LogP contribution is 2.18. The number of unbranched alkanes of at least 4 members (excludes halogenated alkanes) is 3. The lowest BCUT2D eigenvalue weighted by molar-refractivity contribution is 0.195. The van der Waals surface area contributed by atoms with Gasteiger partial charge in [0.2, 0.25) is 0 Å². The van der Waals surface area contributed by atoms with E-state index in [0.29, 0.717) is 6.42 Å². The smallest absolute Gasteiger partial charge is 0.133 e. The Morgan fingerprint density at radius 1 is 1.23 bits per heavy atom. The van der Waals surface area contributed by atoms with Gasteiger partial charge in [0.25, 0.3) is 0 Å². The monoisotopic (exact) mass is 203 g/mol. The maximum absolute atomic E-state index is 13.0. The van der Waals surface area contributed by atoms with Gasteiger partial charge in [-0.05, 0) is 38.5 Å². The van der Waals surface area contributed by atoms with Gasteiger partial charge < -0.3 is 0 Å². The van der Waals surface area contributed by atoms with Crippen LogP contribution in [-0.2, 0) is 0 Å². The first kappa shape index (κ1) is 12.8. The average Bonchev–Trinajstić information content (AvgIpc) is 2.01. The minimum absolute atomic E-state index is 0.651. The number of nitrogens with zero attached hydrogens (tertiary/aromatic N) is 1. The van der Waals surface area contributed by atoms with Gasteiger partial charge in [0.1, 0.15) is 11.1 Å². The Hall–Kier alpha value is -0.230. The van der Waals surface area contributed by atoms with E-state index in [4.69, 9.17) is 5.26 Å². The lowest BCUT2D eigenvalue weighted by Crippen LogP contribution is -2.10. The molecule has 0 aromatic carbocycles. The number of hydrogen-bond donors (Lipinski definition) is 0. The fourth-order valence-electron chi connectivity index (χ4n) is 1.12. The van der Waals surface area contributed by atoms with Crippen molar-refractivity contribution in [2.45, 2.75) is 51.6 Å². The van der Waals surface area contributed by atoms with Crippen LogP contribution in [0.2, 0.25) is 0 Å². The first-order valence-corrected chi connectivity index (χ1v) is 5.74. The Morgan fingerprint density at radius 2 is 1.85 bits per heavy atom. The molecule has 0 amide bonds. The molecule has 0 aliphatic carbocycles. The fourth-order valence-corrected chi connectivity index (χ4v) is 1.56. The van der Waals surface area contributed by atoms with Gasteiger partial charge in [-0.1, -0.05) is 19.3 Å². The molecule has 0 saturated carbocycles. The Labute approximate surface area is 84.7 Å². The summed E-state index contributed by atoms with van der Waals surface area (Å²) in [6.07, 6.45) is 4.88. The second-order valence-corrected chi connectivity index (χ2v) is 4.70. The zero-order valence-corrected chi connectivity index (χ0v) is 9.29. The van der Waals surface area contributed by atoms with Crippen LogP contribution in [0.25, 0.3) is 0 Å². The zero-order valence-electron chi connectivity index (χ0n) is 8.48. The van der Waals surface area contributed by atoms with E-state index in [9.17, 15) is 4.39 Å². The van der Waals surface area contributed by atoms with Crippen molar-refractivity contribution in [3.05, 3.63) is 0 Å². The molecule has 0 radical (unpaired) electrons. The van der Waals surface area contributed by atoms with Gasteiger partial charge in [-0.3, -0.25) is 0 Å². The van der Waals surface area contributed by atoms with Gasteiger partial charge in [0.05, 0.1) is 0 Å². The van der Waals surface area contributed by atoms with Crippen LogP contribution in [0.15, 0.2) is 0 Å². The minimum Gasteiger partial charge on any atom is -0.245 e. The van der Waals surface area contributed by atoms with Crippen LogP contribution >= 0.6 is 11.8 Å². The van der Waals surface area contributed by atoms with E-state index < -0.39 is 5.67 Å². The van der Waals surface area contributed by atoms with E-state index in [2.05, 4.69) is 0 Å². The molecule has 0 aromatic rings. The van der Waals surface area contributed by atoms with Crippen LogP contribution in [0.1, 0.15) is 46.0 Å². The van der Waals surface area contributed by atoms with Crippen molar-refractivity contribution in [2.24, 2.45) is 0 Å². The average molecular weight is 203 g/mol. The lowest BCUT2D eigenvalue weighted by Gasteiger charge is -2.12. The Kier molecular flexibility index (Phi) is 7.07. The summed E-state index contributed by atoms with van der Waals surface area (Å²) in [7, 11) is 0. The standard InChI is InChI=1S/C10H18FNS/c1-10(2,11)7-5-3-4-6-8-13-9-12/h3-8H2,1-2H3. The Morgan fingerprint density at radius 3 is 2.38 bits per heavy atom. The predicted octanol–water partition coefficient (Wildman–Crippen LogP) is 3.90. The molecular weight excluding hydrogens is 185 g/mol. The maximum Gasteiger partial charge on any atom is 0.133 e. The van der Waals surface area contributed by atoms with Crippen LogP contribution < -0.4 is 0 Å². The molecule has 0 atom stereocenters. The van der Waals surface area contributed by atoms with Gasteiger partial charge in [-0.2, -0.15) is 5.26 Å². The summed E-state index contributed by atoms with van der Waals surface area (Å²) >= 11 is 1.30. The molecule has 76 valence electrons. The summed E-state index contributed by atoms with van der Waals surface area (Å²) in [5.41, 5.74) is -1.01. The molecule has 0 fully saturated rings. The number of thioether (sulfide) groups is 1. The quantitative estimate of drug-likeness (QED) is 0.463. The van der Waals surface area contributed by atoms with Crippen LogP contribution in [0, 0.1) is 10.7 Å². The Bertz CT molecular complexity index is 157. The van der Waals surface area contributed by atoms with Crippen LogP contribution in [0.4, 0.5) is 4.39 Å². The molecule has 0 aliphatic rings. The first-order valence-electron chi connectivity index (χ1n) is 4.76. The molecule has 3 heteroatoms. The summed E-state index contributed by atoms with van der Waals surface area (Å²) in [5, 5.41) is 10.3. The second-order valence-electron chi connectivity index (χ2n) is 3.82. The topological polar surface area (TPSA) is 23.8 Å². The number of alkyl halides is 1.